The number of alkyl halides is 1. The highest BCUT2D eigenvalue weighted by atomic mass is 35.5. The van der Waals surface area contributed by atoms with E-state index in [2.05, 4.69) is 6.58 Å². The van der Waals surface area contributed by atoms with E-state index >= 15 is 0 Å². The quantitative estimate of drug-likeness (QED) is 0.502. The molecule has 0 aromatic carbocycles. The maximum atomic E-state index is 11.7. The van der Waals surface area contributed by atoms with Crippen molar-refractivity contribution in [3.63, 3.8) is 0 Å². The Kier molecular flexibility index (Phi) is 6.40. The molecule has 0 spiro atoms. The van der Waals surface area contributed by atoms with E-state index in [0.717, 1.165) is 0 Å². The van der Waals surface area contributed by atoms with Gasteiger partial charge < -0.3 is 0 Å². The van der Waals surface area contributed by atoms with E-state index in [1.54, 1.807) is 6.08 Å². The first-order valence-electron chi connectivity index (χ1n) is 4.62. The second-order valence-electron chi connectivity index (χ2n) is 3.31. The largest absolute Gasteiger partial charge is 0.214 e. The minimum absolute atomic E-state index is 0.0340. The normalized spacial score (nSPS) is 12.4. The van der Waals surface area contributed by atoms with Crippen molar-refractivity contribution in [2.45, 2.75) is 26.3 Å². The van der Waals surface area contributed by atoms with Gasteiger partial charge in [-0.25, -0.2) is 8.42 Å². The summed E-state index contributed by atoms with van der Waals surface area (Å²) in [6, 6.07) is -0.0340. The summed E-state index contributed by atoms with van der Waals surface area (Å²) in [5, 5.41) is 0. The van der Waals surface area contributed by atoms with Gasteiger partial charge in [0, 0.05) is 18.5 Å². The Balaban J connectivity index is 4.54. The third kappa shape index (κ3) is 4.44. The van der Waals surface area contributed by atoms with Crippen LogP contribution in [0, 0.1) is 0 Å². The van der Waals surface area contributed by atoms with E-state index in [4.69, 9.17) is 11.6 Å². The Bertz CT molecular complexity index is 262. The number of hydrogen-bond donors (Lipinski definition) is 0. The number of nitrogens with zero attached hydrogens (tertiary/aromatic N) is 1. The molecule has 0 atom stereocenters. The standard InChI is InChI=1S/C9H18ClNO2S/c1-4-7-11(9(2)3)14(12,13)8-5-6-10/h4,9H,1,5-8H2,2-3H3. The van der Waals surface area contributed by atoms with Crippen LogP contribution in [-0.4, -0.2) is 36.9 Å². The van der Waals surface area contributed by atoms with Crippen LogP contribution >= 0.6 is 11.6 Å². The molecule has 0 aliphatic carbocycles. The average molecular weight is 240 g/mol. The SMILES string of the molecule is C=CCN(C(C)C)S(=O)(=O)CCCCl. The van der Waals surface area contributed by atoms with Gasteiger partial charge in [0.05, 0.1) is 5.75 Å². The molecule has 0 aromatic heterocycles. The number of sulfonamides is 1. The van der Waals surface area contributed by atoms with E-state index in [1.165, 1.54) is 4.31 Å². The lowest BCUT2D eigenvalue weighted by Gasteiger charge is -2.24. The molecule has 0 amide bonds. The monoisotopic (exact) mass is 239 g/mol. The van der Waals surface area contributed by atoms with Crippen LogP contribution < -0.4 is 0 Å². The molecule has 3 nitrogen and oxygen atoms in total. The lowest BCUT2D eigenvalue weighted by Crippen LogP contribution is -2.38. The Morgan fingerprint density at radius 2 is 2.07 bits per heavy atom. The minimum Gasteiger partial charge on any atom is -0.212 e. The second kappa shape index (κ2) is 6.43. The van der Waals surface area contributed by atoms with Crippen molar-refractivity contribution in [1.82, 2.24) is 4.31 Å². The first-order valence-corrected chi connectivity index (χ1v) is 6.76. The van der Waals surface area contributed by atoms with E-state index < -0.39 is 10.0 Å². The molecule has 0 unspecified atom stereocenters. The fourth-order valence-corrected chi connectivity index (χ4v) is 3.14. The molecule has 0 fully saturated rings. The van der Waals surface area contributed by atoms with Crippen LogP contribution in [0.3, 0.4) is 0 Å². The van der Waals surface area contributed by atoms with Crippen molar-refractivity contribution >= 4 is 21.6 Å². The third-order valence-corrected chi connectivity index (χ3v) is 4.14. The van der Waals surface area contributed by atoms with Crippen molar-refractivity contribution in [1.29, 1.82) is 0 Å². The zero-order valence-corrected chi connectivity index (χ0v) is 10.3. The van der Waals surface area contributed by atoms with Gasteiger partial charge >= 0.3 is 0 Å². The number of hydrogen-bond acceptors (Lipinski definition) is 2. The number of rotatable bonds is 7. The van der Waals surface area contributed by atoms with Crippen LogP contribution in [0.25, 0.3) is 0 Å². The van der Waals surface area contributed by atoms with E-state index in [9.17, 15) is 8.42 Å². The summed E-state index contributed by atoms with van der Waals surface area (Å²) >= 11 is 5.47. The maximum Gasteiger partial charge on any atom is 0.214 e. The molecule has 0 saturated carbocycles. The molecule has 0 saturated heterocycles. The Morgan fingerprint density at radius 3 is 2.43 bits per heavy atom. The van der Waals surface area contributed by atoms with Crippen LogP contribution in [0.2, 0.25) is 0 Å². The minimum atomic E-state index is -3.17. The predicted octanol–water partition coefficient (Wildman–Crippen LogP) is 1.84. The molecule has 0 N–H and O–H groups in total. The molecule has 14 heavy (non-hydrogen) atoms. The van der Waals surface area contributed by atoms with Crippen LogP contribution in [0.15, 0.2) is 12.7 Å². The predicted molar refractivity (Wildman–Crippen MR) is 61.2 cm³/mol. The van der Waals surface area contributed by atoms with Gasteiger partial charge in [0.25, 0.3) is 0 Å². The van der Waals surface area contributed by atoms with Crippen LogP contribution in [0.1, 0.15) is 20.3 Å². The van der Waals surface area contributed by atoms with Crippen molar-refractivity contribution in [3.05, 3.63) is 12.7 Å². The molecule has 84 valence electrons. The van der Waals surface area contributed by atoms with Gasteiger partial charge in [-0.2, -0.15) is 4.31 Å². The van der Waals surface area contributed by atoms with Gasteiger partial charge in [0.2, 0.25) is 10.0 Å². The molecule has 0 heterocycles. The Morgan fingerprint density at radius 1 is 1.50 bits per heavy atom. The second-order valence-corrected chi connectivity index (χ2v) is 5.73. The highest BCUT2D eigenvalue weighted by molar-refractivity contribution is 7.89. The van der Waals surface area contributed by atoms with Gasteiger partial charge in [-0.05, 0) is 20.3 Å². The summed E-state index contributed by atoms with van der Waals surface area (Å²) < 4.78 is 24.9. The molecule has 0 bridgehead atoms. The van der Waals surface area contributed by atoms with E-state index in [-0.39, 0.29) is 11.8 Å². The zero-order valence-electron chi connectivity index (χ0n) is 8.74. The van der Waals surface area contributed by atoms with Crippen molar-refractivity contribution < 1.29 is 8.42 Å². The van der Waals surface area contributed by atoms with Crippen molar-refractivity contribution in [2.75, 3.05) is 18.2 Å². The van der Waals surface area contributed by atoms with Crippen LogP contribution in [0.5, 0.6) is 0 Å². The van der Waals surface area contributed by atoms with Crippen LogP contribution in [0.4, 0.5) is 0 Å². The van der Waals surface area contributed by atoms with Gasteiger partial charge in [0.1, 0.15) is 0 Å². The Hall–Kier alpha value is -0.0600. The highest BCUT2D eigenvalue weighted by Crippen LogP contribution is 2.08. The average Bonchev–Trinajstić information content (AvgIpc) is 2.10. The van der Waals surface area contributed by atoms with Gasteiger partial charge in [-0.1, -0.05) is 6.08 Å². The van der Waals surface area contributed by atoms with E-state index in [0.29, 0.717) is 18.8 Å². The summed E-state index contributed by atoms with van der Waals surface area (Å²) in [6.45, 7) is 7.61. The van der Waals surface area contributed by atoms with Crippen LogP contribution in [-0.2, 0) is 10.0 Å². The lowest BCUT2D eigenvalue weighted by atomic mass is 10.4. The van der Waals surface area contributed by atoms with Gasteiger partial charge in [0.15, 0.2) is 0 Å². The summed E-state index contributed by atoms with van der Waals surface area (Å²) in [7, 11) is -3.17. The van der Waals surface area contributed by atoms with Crippen molar-refractivity contribution in [2.24, 2.45) is 0 Å². The third-order valence-electron chi connectivity index (χ3n) is 1.78. The summed E-state index contributed by atoms with van der Waals surface area (Å²) in [6.07, 6.45) is 2.09. The lowest BCUT2D eigenvalue weighted by molar-refractivity contribution is 0.382. The first-order chi connectivity index (χ1) is 6.45. The summed E-state index contributed by atoms with van der Waals surface area (Å²) in [4.78, 5) is 0. The Labute approximate surface area is 91.8 Å². The van der Waals surface area contributed by atoms with Gasteiger partial charge in [-0.3, -0.25) is 0 Å². The molecule has 0 radical (unpaired) electrons. The molecule has 0 aliphatic rings. The molecule has 0 rings (SSSR count). The molecule has 5 heteroatoms. The topological polar surface area (TPSA) is 37.4 Å². The first kappa shape index (κ1) is 13.9. The number of halogens is 1. The smallest absolute Gasteiger partial charge is 0.212 e. The molecular formula is C9H18ClNO2S. The highest BCUT2D eigenvalue weighted by Gasteiger charge is 2.22. The zero-order chi connectivity index (χ0) is 11.2. The molecule has 0 aromatic rings. The van der Waals surface area contributed by atoms with Gasteiger partial charge in [-0.15, -0.1) is 18.2 Å². The maximum absolute atomic E-state index is 11.7. The summed E-state index contributed by atoms with van der Waals surface area (Å²) in [5.74, 6) is 0.488. The molecular weight excluding hydrogens is 222 g/mol. The van der Waals surface area contributed by atoms with Crippen molar-refractivity contribution in [3.8, 4) is 0 Å². The fraction of sp³-hybridized carbons (Fsp3) is 0.778. The van der Waals surface area contributed by atoms with E-state index in [1.807, 2.05) is 13.8 Å². The molecule has 0 aliphatic heterocycles. The summed E-state index contributed by atoms with van der Waals surface area (Å²) in [5.41, 5.74) is 0. The fourth-order valence-electron chi connectivity index (χ4n) is 1.13.